The molecule has 0 bridgehead atoms. The summed E-state index contributed by atoms with van der Waals surface area (Å²) in [5.41, 5.74) is 11.9. The molecule has 0 aliphatic heterocycles. The van der Waals surface area contributed by atoms with Crippen molar-refractivity contribution < 1.29 is 41.6 Å². The first-order valence-corrected chi connectivity index (χ1v) is 19.6. The number of pyridine rings is 1. The zero-order valence-corrected chi connectivity index (χ0v) is 36.0. The topological polar surface area (TPSA) is 57.0 Å². The van der Waals surface area contributed by atoms with Crippen LogP contribution in [0, 0.1) is 38.6 Å². The number of para-hydroxylation sites is 3. The third-order valence-electron chi connectivity index (χ3n) is 10.8. The molecule has 4 aromatic heterocycles. The van der Waals surface area contributed by atoms with Crippen LogP contribution in [-0.2, 0) is 20.1 Å². The number of furan rings is 2. The van der Waals surface area contributed by atoms with Gasteiger partial charge in [-0.3, -0.25) is 4.98 Å². The van der Waals surface area contributed by atoms with Crippen molar-refractivity contribution in [1.82, 2.24) is 14.5 Å². The van der Waals surface area contributed by atoms with Crippen LogP contribution in [0.2, 0.25) is 0 Å². The molecule has 301 valence electrons. The van der Waals surface area contributed by atoms with Gasteiger partial charge in [-0.15, -0.1) is 53.6 Å². The maximum atomic E-state index is 14.2. The van der Waals surface area contributed by atoms with Crippen LogP contribution in [0.1, 0.15) is 75.6 Å². The quantitative estimate of drug-likeness (QED) is 0.156. The van der Waals surface area contributed by atoms with Gasteiger partial charge in [0.15, 0.2) is 0 Å². The van der Waals surface area contributed by atoms with Gasteiger partial charge in [-0.25, -0.2) is 4.39 Å². The summed E-state index contributed by atoms with van der Waals surface area (Å²) in [4.78, 5) is 9.28. The summed E-state index contributed by atoms with van der Waals surface area (Å²) in [5, 5.41) is 2.90. The van der Waals surface area contributed by atoms with E-state index in [4.69, 9.17) is 22.0 Å². The van der Waals surface area contributed by atoms with Gasteiger partial charge in [0.05, 0.1) is 22.4 Å². The van der Waals surface area contributed by atoms with Crippen LogP contribution < -0.4 is 0 Å². The van der Waals surface area contributed by atoms with E-state index in [0.717, 1.165) is 66.7 Å². The summed E-state index contributed by atoms with van der Waals surface area (Å²) >= 11 is 0. The largest absolute Gasteiger partial charge is 0.500 e. The number of fused-ring (bicyclic) bond motifs is 5. The molecule has 0 saturated heterocycles. The van der Waals surface area contributed by atoms with Gasteiger partial charge in [-0.05, 0) is 90.5 Å². The van der Waals surface area contributed by atoms with E-state index >= 15 is 0 Å². The van der Waals surface area contributed by atoms with Crippen molar-refractivity contribution in [2.24, 2.45) is 0 Å². The van der Waals surface area contributed by atoms with Crippen molar-refractivity contribution in [3.05, 3.63) is 173 Å². The molecule has 0 N–H and O–H groups in total. The van der Waals surface area contributed by atoms with Crippen LogP contribution in [0.4, 0.5) is 4.39 Å². The number of nitrogens with zero attached hydrogens (tertiary/aromatic N) is 3. The van der Waals surface area contributed by atoms with Gasteiger partial charge in [0.1, 0.15) is 22.7 Å². The number of benzene rings is 6. The summed E-state index contributed by atoms with van der Waals surface area (Å²) in [6.07, 6.45) is 1.30. The number of aryl methyl sites for hydroxylation is 3. The molecule has 5 nitrogen and oxygen atoms in total. The predicted octanol–water partition coefficient (Wildman–Crippen LogP) is 14.7. The summed E-state index contributed by atoms with van der Waals surface area (Å²) in [6, 6.07) is 43.4. The molecule has 0 atom stereocenters. The van der Waals surface area contributed by atoms with Gasteiger partial charge in [0.25, 0.3) is 0 Å². The third kappa shape index (κ3) is 7.38. The van der Waals surface area contributed by atoms with Crippen molar-refractivity contribution in [2.45, 2.75) is 60.2 Å². The number of halogens is 1. The molecule has 0 spiro atoms. The fourth-order valence-corrected chi connectivity index (χ4v) is 7.84. The molecular formula is C53H44FIrN3O2-2. The fraction of sp³-hybridized carbons (Fsp3) is 0.170. The minimum absolute atomic E-state index is 0. The number of aromatic nitrogens is 3. The van der Waals surface area contributed by atoms with Crippen LogP contribution in [0.3, 0.4) is 0 Å². The Hall–Kier alpha value is -6.14. The summed E-state index contributed by atoms with van der Waals surface area (Å²) in [7, 11) is 0. The Morgan fingerprint density at radius 1 is 0.733 bits per heavy atom. The van der Waals surface area contributed by atoms with E-state index in [9.17, 15) is 4.39 Å². The number of hydrogen-bond donors (Lipinski definition) is 0. The molecule has 1 radical (unpaired) electrons. The second-order valence-electron chi connectivity index (χ2n) is 15.4. The van der Waals surface area contributed by atoms with E-state index in [2.05, 4.69) is 92.7 Å². The van der Waals surface area contributed by atoms with Crippen molar-refractivity contribution in [2.75, 3.05) is 0 Å². The average molecular weight is 972 g/mol. The molecule has 4 heterocycles. The van der Waals surface area contributed by atoms with E-state index in [0.29, 0.717) is 22.4 Å². The van der Waals surface area contributed by atoms with Gasteiger partial charge in [0, 0.05) is 68.2 Å². The Morgan fingerprint density at radius 3 is 2.18 bits per heavy atom. The fourth-order valence-electron chi connectivity index (χ4n) is 7.84. The van der Waals surface area contributed by atoms with Crippen molar-refractivity contribution in [3.8, 4) is 39.7 Å². The Bertz CT molecular complexity index is 3300. The molecule has 0 unspecified atom stereocenters. The Balaban J connectivity index is 0.000000238. The molecule has 10 aromatic rings. The normalized spacial score (nSPS) is 13.4. The summed E-state index contributed by atoms with van der Waals surface area (Å²) in [5.74, 6) is 1.70. The van der Waals surface area contributed by atoms with Crippen LogP contribution in [0.25, 0.3) is 83.6 Å². The predicted molar refractivity (Wildman–Crippen MR) is 239 cm³/mol. The number of imidazole rings is 1. The van der Waals surface area contributed by atoms with Gasteiger partial charge >= 0.3 is 0 Å². The Kier molecular flexibility index (Phi) is 9.25. The monoisotopic (exact) mass is 972 g/mol. The van der Waals surface area contributed by atoms with E-state index in [1.54, 1.807) is 18.2 Å². The molecule has 6 aromatic carbocycles. The first kappa shape index (κ1) is 33.7. The summed E-state index contributed by atoms with van der Waals surface area (Å²) in [6.45, 7) is 6.73. The number of rotatable bonds is 6. The van der Waals surface area contributed by atoms with Crippen LogP contribution in [0.5, 0.6) is 0 Å². The minimum Gasteiger partial charge on any atom is -0.500 e. The maximum absolute atomic E-state index is 14.2. The maximum Gasteiger partial charge on any atom is 0.138 e. The molecule has 7 heteroatoms. The van der Waals surface area contributed by atoms with Crippen molar-refractivity contribution in [3.63, 3.8) is 0 Å². The molecule has 60 heavy (non-hydrogen) atoms. The van der Waals surface area contributed by atoms with Gasteiger partial charge < -0.3 is 18.4 Å². The standard InChI is InChI=1S/C40H32FN2O2.C13H12N.Ir/c1-22(2)31-19-25(38-24(5)27-11-6-9-16-35(27)44-38)20-32(23(3)4)37(31)43-34-15-8-7-14-33(34)42-40(43)30-13-10-12-29-28-18-17-26(41)21-36(28)45-39(29)30;1-10-3-6-12(7-4-10)13-8-5-11(2)9-14-13;/h6-12,14-23H,1-5H3;3-6,8-9H,1-2H3;/q2*-1;/i;1D3,2D3;. The second-order valence-corrected chi connectivity index (χ2v) is 15.4. The smallest absolute Gasteiger partial charge is 0.138 e. The van der Waals surface area contributed by atoms with Gasteiger partial charge in [-0.1, -0.05) is 88.0 Å². The number of hydrogen-bond acceptors (Lipinski definition) is 4. The van der Waals surface area contributed by atoms with Crippen molar-refractivity contribution >= 4 is 43.9 Å². The van der Waals surface area contributed by atoms with Gasteiger partial charge in [0.2, 0.25) is 0 Å². The molecule has 0 aliphatic carbocycles. The molecular weight excluding hydrogens is 922 g/mol. The first-order valence-electron chi connectivity index (χ1n) is 22.6. The molecule has 0 aliphatic rings. The average Bonchev–Trinajstić information content (AvgIpc) is 3.96. The Labute approximate surface area is 371 Å². The van der Waals surface area contributed by atoms with E-state index < -0.39 is 13.7 Å². The van der Waals surface area contributed by atoms with E-state index in [1.165, 1.54) is 47.7 Å². The second kappa shape index (κ2) is 16.5. The SMILES string of the molecule is Cc1c(-c2cc(C(C)C)c(-n3c(-c4[c-]ccc5c4oc4cc(F)ccc45)nc4ccccc43)c(C(C)C)c2)oc2ccccc12.[2H]C([2H])([2H])c1c[c-]c(-c2ccc(C([2H])([2H])[2H])cn2)cc1.[Ir]. The molecule has 0 saturated carbocycles. The molecule has 0 fully saturated rings. The van der Waals surface area contributed by atoms with Crippen LogP contribution >= 0.6 is 0 Å². The molecule has 0 amide bonds. The van der Waals surface area contributed by atoms with Crippen LogP contribution in [0.15, 0.2) is 136 Å². The van der Waals surface area contributed by atoms with Gasteiger partial charge in [-0.2, -0.15) is 0 Å². The minimum atomic E-state index is -2.18. The first-order chi connectivity index (χ1) is 31.0. The Morgan fingerprint density at radius 2 is 1.48 bits per heavy atom. The molecule has 10 rings (SSSR count). The summed E-state index contributed by atoms with van der Waals surface area (Å²) < 4.78 is 72.9. The van der Waals surface area contributed by atoms with Crippen LogP contribution in [-0.4, -0.2) is 14.5 Å². The zero-order valence-electron chi connectivity index (χ0n) is 39.6. The zero-order chi connectivity index (χ0) is 45.9. The third-order valence-corrected chi connectivity index (χ3v) is 10.8. The van der Waals surface area contributed by atoms with E-state index in [1.807, 2.05) is 36.4 Å². The van der Waals surface area contributed by atoms with Crippen molar-refractivity contribution in [1.29, 1.82) is 0 Å². The van der Waals surface area contributed by atoms with E-state index in [-0.39, 0.29) is 48.9 Å².